The number of cyclic esters (lactones) is 1. The zero-order valence-electron chi connectivity index (χ0n) is 19.5. The highest BCUT2D eigenvalue weighted by molar-refractivity contribution is 5.72. The van der Waals surface area contributed by atoms with Gasteiger partial charge in [0.25, 0.3) is 0 Å². The van der Waals surface area contributed by atoms with Crippen molar-refractivity contribution in [3.05, 3.63) is 12.2 Å². The van der Waals surface area contributed by atoms with Crippen molar-refractivity contribution in [1.29, 1.82) is 0 Å². The Balaban J connectivity index is 2.08. The van der Waals surface area contributed by atoms with E-state index in [2.05, 4.69) is 20.4 Å². The molecule has 30 heavy (non-hydrogen) atoms. The average Bonchev–Trinajstić information content (AvgIpc) is 3.02. The third-order valence-electron chi connectivity index (χ3n) is 6.92. The molecule has 0 aliphatic carbocycles. The molecule has 0 radical (unpaired) electrons. The van der Waals surface area contributed by atoms with Crippen molar-refractivity contribution >= 4 is 5.97 Å². The number of aliphatic hydroxyl groups is 2. The first kappa shape index (κ1) is 25.4. The van der Waals surface area contributed by atoms with Crippen molar-refractivity contribution in [3.63, 3.8) is 0 Å². The maximum atomic E-state index is 12.6. The van der Waals surface area contributed by atoms with E-state index in [0.717, 1.165) is 50.5 Å². The molecule has 2 N–H and O–H groups in total. The van der Waals surface area contributed by atoms with Gasteiger partial charge in [-0.25, -0.2) is 0 Å². The van der Waals surface area contributed by atoms with Crippen LogP contribution in [0, 0.1) is 17.8 Å². The Morgan fingerprint density at radius 2 is 1.73 bits per heavy atom. The lowest BCUT2D eigenvalue weighted by Gasteiger charge is -2.27. The molecule has 5 heteroatoms. The van der Waals surface area contributed by atoms with Crippen LogP contribution < -0.4 is 0 Å². The number of aliphatic hydroxyl groups excluding tert-OH is 2. The Morgan fingerprint density at radius 3 is 2.43 bits per heavy atom. The zero-order valence-corrected chi connectivity index (χ0v) is 19.5. The number of hydrogen-bond donors (Lipinski definition) is 2. The van der Waals surface area contributed by atoms with Crippen LogP contribution >= 0.6 is 0 Å². The molecule has 0 spiro atoms. The summed E-state index contributed by atoms with van der Waals surface area (Å²) >= 11 is 0. The van der Waals surface area contributed by atoms with E-state index in [-0.39, 0.29) is 36.1 Å². The lowest BCUT2D eigenvalue weighted by Crippen LogP contribution is -2.35. The van der Waals surface area contributed by atoms with Crippen molar-refractivity contribution in [2.75, 3.05) is 0 Å². The topological polar surface area (TPSA) is 76.0 Å². The summed E-state index contributed by atoms with van der Waals surface area (Å²) < 4.78 is 12.0. The highest BCUT2D eigenvalue weighted by Crippen LogP contribution is 2.33. The second-order valence-corrected chi connectivity index (χ2v) is 9.97. The summed E-state index contributed by atoms with van der Waals surface area (Å²) in [5, 5.41) is 21.3. The predicted molar refractivity (Wildman–Crippen MR) is 119 cm³/mol. The third-order valence-corrected chi connectivity index (χ3v) is 6.92. The molecule has 0 aromatic rings. The SMILES string of the molecule is C=C1C[C@@H](CCC)OC(=O)[C@@H](C)CCCC[C@@H]2O[C@H](C[C@@H]2C)C[C@H](O)[C@@H](O)[C@H](C)C1. The monoisotopic (exact) mass is 424 g/mol. The minimum Gasteiger partial charge on any atom is -0.462 e. The Hall–Kier alpha value is -0.910. The number of ether oxygens (including phenoxy) is 2. The molecule has 8 atom stereocenters. The second kappa shape index (κ2) is 12.2. The number of carbonyl (C=O) groups is 1. The first-order valence-corrected chi connectivity index (χ1v) is 12.1. The average molecular weight is 425 g/mol. The van der Waals surface area contributed by atoms with Crippen LogP contribution in [0.15, 0.2) is 12.2 Å². The normalized spacial score (nSPS) is 40.5. The molecule has 2 rings (SSSR count). The van der Waals surface area contributed by atoms with Gasteiger partial charge in [0.1, 0.15) is 6.10 Å². The van der Waals surface area contributed by atoms with Crippen molar-refractivity contribution in [1.82, 2.24) is 0 Å². The van der Waals surface area contributed by atoms with E-state index in [0.29, 0.717) is 25.2 Å². The van der Waals surface area contributed by atoms with Gasteiger partial charge in [0.2, 0.25) is 0 Å². The Morgan fingerprint density at radius 1 is 1.03 bits per heavy atom. The summed E-state index contributed by atoms with van der Waals surface area (Å²) in [5.41, 5.74) is 0.958. The quantitative estimate of drug-likeness (QED) is 0.492. The standard InChI is InChI=1S/C25H44O5/c1-6-9-20-13-16(2)12-19(5)24(27)22(26)15-21-14-18(4)23(29-21)11-8-7-10-17(3)25(28)30-20/h17-24,26-27H,2,6-15H2,1,3-5H3/t17-,18-,19+,20+,21+,22-,23-,24-/m0/s1. The van der Waals surface area contributed by atoms with Crippen LogP contribution in [0.3, 0.4) is 0 Å². The smallest absolute Gasteiger partial charge is 0.308 e. The molecule has 174 valence electrons. The Labute approximate surface area is 183 Å². The number of fused-ring (bicyclic) bond motifs is 2. The van der Waals surface area contributed by atoms with Gasteiger partial charge in [-0.3, -0.25) is 4.79 Å². The fraction of sp³-hybridized carbons (Fsp3) is 0.880. The van der Waals surface area contributed by atoms with Crippen molar-refractivity contribution in [2.24, 2.45) is 17.8 Å². The number of hydrogen-bond acceptors (Lipinski definition) is 5. The van der Waals surface area contributed by atoms with Crippen LogP contribution in [-0.2, 0) is 14.3 Å². The molecular weight excluding hydrogens is 380 g/mol. The molecule has 2 heterocycles. The summed E-state index contributed by atoms with van der Waals surface area (Å²) in [6, 6.07) is 0. The molecule has 0 aromatic heterocycles. The fourth-order valence-corrected chi connectivity index (χ4v) is 5.00. The lowest BCUT2D eigenvalue weighted by molar-refractivity contribution is -0.154. The van der Waals surface area contributed by atoms with Crippen molar-refractivity contribution < 1.29 is 24.5 Å². The van der Waals surface area contributed by atoms with Gasteiger partial charge in [0.05, 0.1) is 30.3 Å². The van der Waals surface area contributed by atoms with E-state index < -0.39 is 12.2 Å². The van der Waals surface area contributed by atoms with E-state index in [4.69, 9.17) is 9.47 Å². The third kappa shape index (κ3) is 7.65. The van der Waals surface area contributed by atoms with E-state index in [9.17, 15) is 15.0 Å². The Bertz CT molecular complexity index is 548. The van der Waals surface area contributed by atoms with Crippen molar-refractivity contribution in [3.8, 4) is 0 Å². The summed E-state index contributed by atoms with van der Waals surface area (Å²) in [6.07, 6.45) is 6.65. The highest BCUT2D eigenvalue weighted by Gasteiger charge is 2.35. The number of carbonyl (C=O) groups excluding carboxylic acids is 1. The summed E-state index contributed by atoms with van der Waals surface area (Å²) in [5.74, 6) is 0.132. The maximum absolute atomic E-state index is 12.6. The molecule has 2 bridgehead atoms. The maximum Gasteiger partial charge on any atom is 0.308 e. The van der Waals surface area contributed by atoms with Gasteiger partial charge in [-0.1, -0.05) is 59.1 Å². The molecule has 2 saturated heterocycles. The van der Waals surface area contributed by atoms with Gasteiger partial charge in [0.15, 0.2) is 0 Å². The van der Waals surface area contributed by atoms with Crippen LogP contribution in [0.4, 0.5) is 0 Å². The summed E-state index contributed by atoms with van der Waals surface area (Å²) in [6.45, 7) is 12.4. The van der Waals surface area contributed by atoms with Gasteiger partial charge < -0.3 is 19.7 Å². The fourth-order valence-electron chi connectivity index (χ4n) is 5.00. The minimum atomic E-state index is -0.814. The number of rotatable bonds is 2. The molecule has 2 aliphatic heterocycles. The van der Waals surface area contributed by atoms with Gasteiger partial charge >= 0.3 is 5.97 Å². The highest BCUT2D eigenvalue weighted by atomic mass is 16.5. The molecule has 2 fully saturated rings. The Kier molecular flexibility index (Phi) is 10.3. The first-order chi connectivity index (χ1) is 14.2. The predicted octanol–water partition coefficient (Wildman–Crippen LogP) is 4.79. The van der Waals surface area contributed by atoms with Gasteiger partial charge in [0, 0.05) is 12.8 Å². The van der Waals surface area contributed by atoms with Crippen LogP contribution in [-0.4, -0.2) is 46.7 Å². The van der Waals surface area contributed by atoms with E-state index in [1.54, 1.807) is 0 Å². The summed E-state index contributed by atoms with van der Waals surface area (Å²) in [7, 11) is 0. The molecule has 2 aliphatic rings. The van der Waals surface area contributed by atoms with Gasteiger partial charge in [-0.2, -0.15) is 0 Å². The number of esters is 1. The summed E-state index contributed by atoms with van der Waals surface area (Å²) in [4.78, 5) is 12.6. The van der Waals surface area contributed by atoms with Crippen LogP contribution in [0.25, 0.3) is 0 Å². The van der Waals surface area contributed by atoms with E-state index >= 15 is 0 Å². The second-order valence-electron chi connectivity index (χ2n) is 9.97. The molecule has 0 aromatic carbocycles. The first-order valence-electron chi connectivity index (χ1n) is 12.1. The van der Waals surface area contributed by atoms with Gasteiger partial charge in [-0.05, 0) is 43.9 Å². The molecule has 0 saturated carbocycles. The van der Waals surface area contributed by atoms with Crippen molar-refractivity contribution in [2.45, 2.75) is 122 Å². The minimum absolute atomic E-state index is 0.00627. The van der Waals surface area contributed by atoms with Crippen LogP contribution in [0.1, 0.15) is 91.9 Å². The van der Waals surface area contributed by atoms with E-state index in [1.807, 2.05) is 13.8 Å². The largest absolute Gasteiger partial charge is 0.462 e. The molecule has 5 nitrogen and oxygen atoms in total. The molecule has 0 unspecified atom stereocenters. The molecular formula is C25H44O5. The van der Waals surface area contributed by atoms with Gasteiger partial charge in [-0.15, -0.1) is 0 Å². The van der Waals surface area contributed by atoms with Crippen LogP contribution in [0.2, 0.25) is 0 Å². The van der Waals surface area contributed by atoms with Crippen LogP contribution in [0.5, 0.6) is 0 Å². The van der Waals surface area contributed by atoms with E-state index in [1.165, 1.54) is 0 Å². The molecule has 0 amide bonds. The lowest BCUT2D eigenvalue weighted by atomic mass is 9.88. The zero-order chi connectivity index (χ0) is 22.3.